The Morgan fingerprint density at radius 1 is 1.45 bits per heavy atom. The zero-order valence-electron chi connectivity index (χ0n) is 7.20. The van der Waals surface area contributed by atoms with E-state index in [0.717, 1.165) is 5.69 Å². The van der Waals surface area contributed by atoms with E-state index in [1.165, 1.54) is 5.69 Å². The van der Waals surface area contributed by atoms with Gasteiger partial charge in [-0.3, -0.25) is 0 Å². The summed E-state index contributed by atoms with van der Waals surface area (Å²) in [4.78, 5) is 2.05. The standard InChI is InChI=1S/C8H14N3/c1-7-6-8(10(2)3)4-5-11(7)9/h4-6H,9H2,1-3H3/q+1. The third kappa shape index (κ3) is 1.61. The Bertz CT molecular complexity index is 256. The second kappa shape index (κ2) is 2.78. The quantitative estimate of drug-likeness (QED) is 0.456. The van der Waals surface area contributed by atoms with Crippen molar-refractivity contribution in [1.29, 1.82) is 0 Å². The summed E-state index contributed by atoms with van der Waals surface area (Å²) < 4.78 is 1.60. The molecule has 0 aromatic carbocycles. The van der Waals surface area contributed by atoms with E-state index in [4.69, 9.17) is 5.84 Å². The van der Waals surface area contributed by atoms with Crippen molar-refractivity contribution in [3.05, 3.63) is 24.0 Å². The maximum Gasteiger partial charge on any atom is 0.210 e. The van der Waals surface area contributed by atoms with Crippen LogP contribution in [-0.4, -0.2) is 14.1 Å². The van der Waals surface area contributed by atoms with Gasteiger partial charge in [-0.2, -0.15) is 0 Å². The van der Waals surface area contributed by atoms with Crippen LogP contribution in [0, 0.1) is 6.92 Å². The highest BCUT2D eigenvalue weighted by atomic mass is 15.3. The normalized spacial score (nSPS) is 9.73. The molecule has 0 spiro atoms. The molecule has 0 radical (unpaired) electrons. The number of aromatic nitrogens is 1. The molecule has 0 aliphatic rings. The predicted octanol–water partition coefficient (Wildman–Crippen LogP) is 0.0623. The van der Waals surface area contributed by atoms with Gasteiger partial charge in [-0.05, 0) is 0 Å². The second-order valence-electron chi connectivity index (χ2n) is 2.83. The number of hydrogen-bond donors (Lipinski definition) is 1. The number of nitrogens with zero attached hydrogens (tertiary/aromatic N) is 2. The van der Waals surface area contributed by atoms with Crippen molar-refractivity contribution in [2.75, 3.05) is 24.8 Å². The summed E-state index contributed by atoms with van der Waals surface area (Å²) in [6.45, 7) is 1.98. The zero-order valence-corrected chi connectivity index (χ0v) is 7.20. The van der Waals surface area contributed by atoms with Gasteiger partial charge < -0.3 is 4.90 Å². The van der Waals surface area contributed by atoms with E-state index in [1.54, 1.807) is 4.68 Å². The van der Waals surface area contributed by atoms with Crippen LogP contribution in [0.4, 0.5) is 5.69 Å². The summed E-state index contributed by atoms with van der Waals surface area (Å²) in [5.74, 6) is 5.59. The molecule has 3 nitrogen and oxygen atoms in total. The summed E-state index contributed by atoms with van der Waals surface area (Å²) in [6.07, 6.45) is 1.85. The predicted molar refractivity (Wildman–Crippen MR) is 45.9 cm³/mol. The van der Waals surface area contributed by atoms with E-state index in [9.17, 15) is 0 Å². The molecule has 60 valence electrons. The molecule has 1 heterocycles. The van der Waals surface area contributed by atoms with Crippen LogP contribution in [0.25, 0.3) is 0 Å². The number of nitrogen functional groups attached to an aromatic ring is 1. The first-order chi connectivity index (χ1) is 5.11. The molecule has 0 aliphatic carbocycles. The number of pyridine rings is 1. The second-order valence-corrected chi connectivity index (χ2v) is 2.83. The lowest BCUT2D eigenvalue weighted by atomic mass is 10.3. The fourth-order valence-electron chi connectivity index (χ4n) is 0.889. The number of rotatable bonds is 1. The molecule has 1 aromatic rings. The van der Waals surface area contributed by atoms with Gasteiger partial charge in [-0.1, -0.05) is 4.68 Å². The lowest BCUT2D eigenvalue weighted by Gasteiger charge is -2.10. The van der Waals surface area contributed by atoms with Gasteiger partial charge in [0.2, 0.25) is 11.9 Å². The van der Waals surface area contributed by atoms with E-state index in [0.29, 0.717) is 0 Å². The lowest BCUT2D eigenvalue weighted by molar-refractivity contribution is -0.645. The van der Waals surface area contributed by atoms with Crippen LogP contribution in [0.2, 0.25) is 0 Å². The first-order valence-corrected chi connectivity index (χ1v) is 3.56. The van der Waals surface area contributed by atoms with Crippen LogP contribution in [-0.2, 0) is 0 Å². The number of nitrogens with two attached hydrogens (primary N) is 1. The van der Waals surface area contributed by atoms with E-state index in [1.807, 2.05) is 44.2 Å². The molecule has 0 fully saturated rings. The van der Waals surface area contributed by atoms with Crippen LogP contribution in [0.15, 0.2) is 18.3 Å². The van der Waals surface area contributed by atoms with E-state index >= 15 is 0 Å². The van der Waals surface area contributed by atoms with Crippen molar-refractivity contribution in [3.8, 4) is 0 Å². The number of hydrogen-bond acceptors (Lipinski definition) is 2. The van der Waals surface area contributed by atoms with E-state index in [2.05, 4.69) is 0 Å². The fraction of sp³-hybridized carbons (Fsp3) is 0.375. The summed E-state index contributed by atoms with van der Waals surface area (Å²) in [6, 6.07) is 4.02. The molecule has 0 saturated heterocycles. The molecule has 2 N–H and O–H groups in total. The van der Waals surface area contributed by atoms with Crippen molar-refractivity contribution >= 4 is 5.69 Å². The van der Waals surface area contributed by atoms with Crippen LogP contribution in [0.3, 0.4) is 0 Å². The maximum absolute atomic E-state index is 5.59. The Balaban J connectivity index is 3.05. The minimum Gasteiger partial charge on any atom is -0.377 e. The molecule has 1 rings (SSSR count). The molecule has 0 saturated carbocycles. The Morgan fingerprint density at radius 3 is 2.55 bits per heavy atom. The molecule has 0 aliphatic heterocycles. The van der Waals surface area contributed by atoms with Crippen LogP contribution in [0.1, 0.15) is 5.69 Å². The largest absolute Gasteiger partial charge is 0.377 e. The summed E-state index contributed by atoms with van der Waals surface area (Å²) in [5, 5.41) is 0. The molecule has 11 heavy (non-hydrogen) atoms. The van der Waals surface area contributed by atoms with Gasteiger partial charge in [0.25, 0.3) is 0 Å². The summed E-state index contributed by atoms with van der Waals surface area (Å²) >= 11 is 0. The highest BCUT2D eigenvalue weighted by molar-refractivity contribution is 5.43. The Morgan fingerprint density at radius 2 is 2.09 bits per heavy atom. The highest BCUT2D eigenvalue weighted by Crippen LogP contribution is 2.07. The minimum absolute atomic E-state index is 1.05. The molecule has 0 unspecified atom stereocenters. The smallest absolute Gasteiger partial charge is 0.210 e. The van der Waals surface area contributed by atoms with Crippen molar-refractivity contribution in [2.24, 2.45) is 0 Å². The van der Waals surface area contributed by atoms with Gasteiger partial charge in [0, 0.05) is 38.8 Å². The molecular formula is C8H14N3+. The third-order valence-corrected chi connectivity index (χ3v) is 1.69. The maximum atomic E-state index is 5.59. The first kappa shape index (κ1) is 7.85. The fourth-order valence-corrected chi connectivity index (χ4v) is 0.889. The summed E-state index contributed by atoms with van der Waals surface area (Å²) in [7, 11) is 4.02. The van der Waals surface area contributed by atoms with E-state index in [-0.39, 0.29) is 0 Å². The average molecular weight is 152 g/mol. The van der Waals surface area contributed by atoms with Gasteiger partial charge in [-0.15, -0.1) is 0 Å². The van der Waals surface area contributed by atoms with Crippen LogP contribution in [0.5, 0.6) is 0 Å². The SMILES string of the molecule is Cc1cc(N(C)C)cc[n+]1N. The van der Waals surface area contributed by atoms with Gasteiger partial charge in [0.05, 0.1) is 0 Å². The van der Waals surface area contributed by atoms with Gasteiger partial charge in [-0.25, -0.2) is 5.84 Å². The number of aryl methyl sites for hydroxylation is 1. The molecule has 0 amide bonds. The average Bonchev–Trinajstić information content (AvgIpc) is 1.94. The number of anilines is 1. The van der Waals surface area contributed by atoms with Crippen molar-refractivity contribution in [2.45, 2.75) is 6.92 Å². The molecule has 0 bridgehead atoms. The van der Waals surface area contributed by atoms with Crippen molar-refractivity contribution in [3.63, 3.8) is 0 Å². The molecule has 0 atom stereocenters. The minimum atomic E-state index is 1.05. The summed E-state index contributed by atoms with van der Waals surface area (Å²) in [5.41, 5.74) is 2.22. The van der Waals surface area contributed by atoms with Crippen LogP contribution >= 0.6 is 0 Å². The molecule has 3 heteroatoms. The van der Waals surface area contributed by atoms with Gasteiger partial charge >= 0.3 is 0 Å². The lowest BCUT2D eigenvalue weighted by Crippen LogP contribution is -2.46. The molecular weight excluding hydrogens is 138 g/mol. The zero-order chi connectivity index (χ0) is 8.43. The Kier molecular flexibility index (Phi) is 1.98. The topological polar surface area (TPSA) is 33.1 Å². The van der Waals surface area contributed by atoms with Crippen molar-refractivity contribution < 1.29 is 4.68 Å². The van der Waals surface area contributed by atoms with Crippen molar-refractivity contribution in [1.82, 2.24) is 0 Å². The van der Waals surface area contributed by atoms with Gasteiger partial charge in [0.1, 0.15) is 0 Å². The first-order valence-electron chi connectivity index (χ1n) is 3.56. The third-order valence-electron chi connectivity index (χ3n) is 1.69. The Hall–Kier alpha value is -1.25. The van der Waals surface area contributed by atoms with E-state index < -0.39 is 0 Å². The van der Waals surface area contributed by atoms with Crippen LogP contribution < -0.4 is 15.4 Å². The monoisotopic (exact) mass is 152 g/mol. The Labute approximate surface area is 67.0 Å². The highest BCUT2D eigenvalue weighted by Gasteiger charge is 2.03. The molecule has 1 aromatic heterocycles. The van der Waals surface area contributed by atoms with Gasteiger partial charge in [0.15, 0.2) is 0 Å².